The van der Waals surface area contributed by atoms with E-state index < -0.39 is 13.1 Å². The molecule has 0 spiro atoms. The Morgan fingerprint density at radius 1 is 1.40 bits per heavy atom. The summed E-state index contributed by atoms with van der Waals surface area (Å²) in [5, 5.41) is 21.5. The van der Waals surface area contributed by atoms with Crippen LogP contribution in [0.25, 0.3) is 0 Å². The van der Waals surface area contributed by atoms with Gasteiger partial charge < -0.3 is 15.4 Å². The smallest absolute Gasteiger partial charge is 0.426 e. The van der Waals surface area contributed by atoms with E-state index in [2.05, 4.69) is 12.2 Å². The lowest BCUT2D eigenvalue weighted by molar-refractivity contribution is -0.121. The van der Waals surface area contributed by atoms with Crippen molar-refractivity contribution in [3.8, 4) is 0 Å². The van der Waals surface area contributed by atoms with E-state index >= 15 is 0 Å². The lowest BCUT2D eigenvalue weighted by Gasteiger charge is -2.18. The molecule has 1 aromatic carbocycles. The van der Waals surface area contributed by atoms with Crippen LogP contribution in [0.3, 0.4) is 0 Å². The summed E-state index contributed by atoms with van der Waals surface area (Å²) in [5.41, 5.74) is 2.19. The van der Waals surface area contributed by atoms with Gasteiger partial charge in [0.1, 0.15) is 0 Å². The molecular formula is C14H22BNO3S. The van der Waals surface area contributed by atoms with Crippen molar-refractivity contribution in [3.63, 3.8) is 0 Å². The topological polar surface area (TPSA) is 69.6 Å². The van der Waals surface area contributed by atoms with Crippen LogP contribution < -0.4 is 5.32 Å². The van der Waals surface area contributed by atoms with Crippen LogP contribution >= 0.6 is 11.8 Å². The number of nitrogens with one attached hydrogen (secondary N) is 1. The van der Waals surface area contributed by atoms with Gasteiger partial charge in [0.2, 0.25) is 5.91 Å². The van der Waals surface area contributed by atoms with Crippen molar-refractivity contribution >= 4 is 24.8 Å². The van der Waals surface area contributed by atoms with Crippen molar-refractivity contribution in [1.29, 1.82) is 0 Å². The molecule has 6 heteroatoms. The minimum atomic E-state index is -1.56. The highest BCUT2D eigenvalue weighted by Gasteiger charge is 2.25. The molecule has 0 heterocycles. The SMILES string of the molecule is CCc1cccc(CC(NC(=O)CCSC)B(O)O)c1. The van der Waals surface area contributed by atoms with Crippen molar-refractivity contribution in [1.82, 2.24) is 5.32 Å². The second-order valence-corrected chi connectivity index (χ2v) is 5.69. The molecule has 1 unspecified atom stereocenters. The molecule has 0 aliphatic carbocycles. The van der Waals surface area contributed by atoms with E-state index in [1.807, 2.05) is 30.5 Å². The van der Waals surface area contributed by atoms with Crippen molar-refractivity contribution in [2.75, 3.05) is 12.0 Å². The summed E-state index contributed by atoms with van der Waals surface area (Å²) in [7, 11) is -1.56. The lowest BCUT2D eigenvalue weighted by Crippen LogP contribution is -2.48. The molecule has 1 amide bonds. The number of amides is 1. The molecule has 110 valence electrons. The lowest BCUT2D eigenvalue weighted by atomic mass is 9.75. The molecule has 1 aromatic rings. The zero-order valence-corrected chi connectivity index (χ0v) is 12.8. The van der Waals surface area contributed by atoms with Crippen LogP contribution in [0.2, 0.25) is 0 Å². The number of thioether (sulfide) groups is 1. The van der Waals surface area contributed by atoms with Crippen LogP contribution in [0.15, 0.2) is 24.3 Å². The first kappa shape index (κ1) is 17.1. The van der Waals surface area contributed by atoms with E-state index in [0.29, 0.717) is 12.8 Å². The van der Waals surface area contributed by atoms with Crippen molar-refractivity contribution in [2.45, 2.75) is 32.1 Å². The van der Waals surface area contributed by atoms with E-state index in [0.717, 1.165) is 17.7 Å². The third-order valence-corrected chi connectivity index (χ3v) is 3.71. The molecule has 1 atom stereocenters. The zero-order chi connectivity index (χ0) is 15.0. The number of hydrogen-bond donors (Lipinski definition) is 3. The Morgan fingerprint density at radius 2 is 2.10 bits per heavy atom. The molecule has 0 radical (unpaired) electrons. The second kappa shape index (κ2) is 9.05. The standard InChI is InChI=1S/C14H22BNO3S/c1-3-11-5-4-6-12(9-11)10-13(15(18)19)16-14(17)7-8-20-2/h4-6,9,13,18-19H,3,7-8,10H2,1-2H3,(H,16,17). The van der Waals surface area contributed by atoms with Crippen LogP contribution in [0.5, 0.6) is 0 Å². The molecule has 0 aliphatic heterocycles. The van der Waals surface area contributed by atoms with Gasteiger partial charge in [-0.25, -0.2) is 0 Å². The van der Waals surface area contributed by atoms with Gasteiger partial charge in [-0.2, -0.15) is 11.8 Å². The maximum absolute atomic E-state index is 11.7. The minimum Gasteiger partial charge on any atom is -0.426 e. The summed E-state index contributed by atoms with van der Waals surface area (Å²) in [6.45, 7) is 2.07. The molecule has 1 rings (SSSR count). The average Bonchev–Trinajstić information content (AvgIpc) is 2.44. The van der Waals surface area contributed by atoms with Gasteiger partial charge in [-0.05, 0) is 30.2 Å². The molecule has 0 saturated heterocycles. The van der Waals surface area contributed by atoms with E-state index in [4.69, 9.17) is 0 Å². The first-order chi connectivity index (χ1) is 9.56. The summed E-state index contributed by atoms with van der Waals surface area (Å²) in [6, 6.07) is 7.95. The van der Waals surface area contributed by atoms with Crippen molar-refractivity contribution < 1.29 is 14.8 Å². The average molecular weight is 295 g/mol. The fourth-order valence-corrected chi connectivity index (χ4v) is 2.32. The third kappa shape index (κ3) is 5.99. The highest BCUT2D eigenvalue weighted by atomic mass is 32.2. The Balaban J connectivity index is 2.64. The summed E-state index contributed by atoms with van der Waals surface area (Å²) in [5.74, 6) is -0.0914. The van der Waals surface area contributed by atoms with Crippen molar-refractivity contribution in [2.24, 2.45) is 0 Å². The maximum atomic E-state index is 11.7. The summed E-state index contributed by atoms with van der Waals surface area (Å²) < 4.78 is 0. The van der Waals surface area contributed by atoms with Gasteiger partial charge in [0.15, 0.2) is 0 Å². The van der Waals surface area contributed by atoms with Gasteiger partial charge in [-0.15, -0.1) is 0 Å². The molecule has 0 aromatic heterocycles. The molecular weight excluding hydrogens is 273 g/mol. The highest BCUT2D eigenvalue weighted by Crippen LogP contribution is 2.09. The van der Waals surface area contributed by atoms with Crippen LogP contribution in [-0.2, 0) is 17.6 Å². The minimum absolute atomic E-state index is 0.149. The van der Waals surface area contributed by atoms with E-state index in [9.17, 15) is 14.8 Å². The molecule has 3 N–H and O–H groups in total. The molecule has 0 bridgehead atoms. The van der Waals surface area contributed by atoms with E-state index in [1.54, 1.807) is 11.8 Å². The Kier molecular flexibility index (Phi) is 7.73. The predicted octanol–water partition coefficient (Wildman–Crippen LogP) is 1.04. The van der Waals surface area contributed by atoms with E-state index in [-0.39, 0.29) is 5.91 Å². The quantitative estimate of drug-likeness (QED) is 0.627. The van der Waals surface area contributed by atoms with Crippen LogP contribution in [-0.4, -0.2) is 41.0 Å². The Morgan fingerprint density at radius 3 is 2.70 bits per heavy atom. The molecule has 0 saturated carbocycles. The largest absolute Gasteiger partial charge is 0.475 e. The Bertz CT molecular complexity index is 429. The normalized spacial score (nSPS) is 12.0. The number of benzene rings is 1. The van der Waals surface area contributed by atoms with Crippen molar-refractivity contribution in [3.05, 3.63) is 35.4 Å². The summed E-state index contributed by atoms with van der Waals surface area (Å²) in [4.78, 5) is 11.7. The van der Waals surface area contributed by atoms with Gasteiger partial charge in [-0.3, -0.25) is 4.79 Å². The zero-order valence-electron chi connectivity index (χ0n) is 12.0. The number of carbonyl (C=O) groups is 1. The molecule has 20 heavy (non-hydrogen) atoms. The highest BCUT2D eigenvalue weighted by molar-refractivity contribution is 7.98. The summed E-state index contributed by atoms with van der Waals surface area (Å²) >= 11 is 1.59. The van der Waals surface area contributed by atoms with Crippen LogP contribution in [0.1, 0.15) is 24.5 Å². The molecule has 0 fully saturated rings. The fraction of sp³-hybridized carbons (Fsp3) is 0.500. The summed E-state index contributed by atoms with van der Waals surface area (Å²) in [6.07, 6.45) is 3.66. The van der Waals surface area contributed by atoms with Gasteiger partial charge in [-0.1, -0.05) is 31.2 Å². The Hall–Kier alpha value is -0.975. The Labute approximate surface area is 125 Å². The predicted molar refractivity (Wildman–Crippen MR) is 84.6 cm³/mol. The molecule has 4 nitrogen and oxygen atoms in total. The van der Waals surface area contributed by atoms with Gasteiger partial charge in [0.05, 0.1) is 5.94 Å². The maximum Gasteiger partial charge on any atom is 0.475 e. The van der Waals surface area contributed by atoms with Crippen LogP contribution in [0.4, 0.5) is 0 Å². The van der Waals surface area contributed by atoms with Gasteiger partial charge >= 0.3 is 7.12 Å². The third-order valence-electron chi connectivity index (χ3n) is 3.09. The van der Waals surface area contributed by atoms with Gasteiger partial charge in [0.25, 0.3) is 0 Å². The second-order valence-electron chi connectivity index (χ2n) is 4.71. The van der Waals surface area contributed by atoms with Crippen LogP contribution in [0, 0.1) is 0 Å². The van der Waals surface area contributed by atoms with Gasteiger partial charge in [0, 0.05) is 12.2 Å². The first-order valence-corrected chi connectivity index (χ1v) is 8.18. The number of aryl methyl sites for hydroxylation is 1. The number of rotatable bonds is 8. The van der Waals surface area contributed by atoms with E-state index in [1.165, 1.54) is 5.56 Å². The number of carbonyl (C=O) groups excluding carboxylic acids is 1. The first-order valence-electron chi connectivity index (χ1n) is 6.79. The fourth-order valence-electron chi connectivity index (χ4n) is 1.94. The molecule has 0 aliphatic rings. The monoisotopic (exact) mass is 295 g/mol. The number of hydrogen-bond acceptors (Lipinski definition) is 4.